The van der Waals surface area contributed by atoms with Gasteiger partial charge in [0, 0.05) is 11.1 Å². The van der Waals surface area contributed by atoms with Gasteiger partial charge in [0.05, 0.1) is 0 Å². The summed E-state index contributed by atoms with van der Waals surface area (Å²) in [5.41, 5.74) is 0.284. The fourth-order valence-electron chi connectivity index (χ4n) is 2.54. The summed E-state index contributed by atoms with van der Waals surface area (Å²) in [7, 11) is 0. The van der Waals surface area contributed by atoms with Crippen molar-refractivity contribution in [3.63, 3.8) is 0 Å². The van der Waals surface area contributed by atoms with Gasteiger partial charge >= 0.3 is 0 Å². The molecule has 1 nitrogen and oxygen atoms in total. The third kappa shape index (κ3) is 3.98. The highest BCUT2D eigenvalue weighted by Crippen LogP contribution is 2.34. The lowest BCUT2D eigenvalue weighted by atomic mass is 9.76. The molecular formula is C16H34N. The van der Waals surface area contributed by atoms with Gasteiger partial charge in [-0.05, 0) is 38.5 Å². The largest absolute Gasteiger partial charge is 0.229 e. The first-order valence-electron chi connectivity index (χ1n) is 7.53. The van der Waals surface area contributed by atoms with Crippen LogP contribution in [-0.4, -0.2) is 11.1 Å². The number of hydrogen-bond donors (Lipinski definition) is 0. The SMILES string of the molecule is CCC(C)C(C)(CC)[N]C(C)(CC)C(C)CC. The Labute approximate surface area is 110 Å². The van der Waals surface area contributed by atoms with Gasteiger partial charge < -0.3 is 0 Å². The maximum atomic E-state index is 5.32. The molecule has 0 aromatic carbocycles. The lowest BCUT2D eigenvalue weighted by molar-refractivity contribution is 0.109. The zero-order valence-electron chi connectivity index (χ0n) is 13.4. The van der Waals surface area contributed by atoms with Crippen molar-refractivity contribution in [2.24, 2.45) is 11.8 Å². The van der Waals surface area contributed by atoms with E-state index < -0.39 is 0 Å². The topological polar surface area (TPSA) is 14.1 Å². The van der Waals surface area contributed by atoms with E-state index in [4.69, 9.17) is 5.32 Å². The molecule has 0 aliphatic heterocycles. The Kier molecular flexibility index (Phi) is 6.76. The zero-order chi connectivity index (χ0) is 13.7. The van der Waals surface area contributed by atoms with E-state index in [1.807, 2.05) is 0 Å². The van der Waals surface area contributed by atoms with Crippen LogP contribution >= 0.6 is 0 Å². The number of hydrogen-bond acceptors (Lipinski definition) is 0. The van der Waals surface area contributed by atoms with Crippen LogP contribution in [0, 0.1) is 11.8 Å². The Balaban J connectivity index is 4.96. The van der Waals surface area contributed by atoms with Crippen molar-refractivity contribution in [1.29, 1.82) is 0 Å². The Hall–Kier alpha value is -0.0400. The first-order valence-corrected chi connectivity index (χ1v) is 7.53. The highest BCUT2D eigenvalue weighted by atomic mass is 15.1. The molecule has 0 amide bonds. The molecule has 0 N–H and O–H groups in total. The fraction of sp³-hybridized carbons (Fsp3) is 1.00. The van der Waals surface area contributed by atoms with Gasteiger partial charge in [0.1, 0.15) is 0 Å². The van der Waals surface area contributed by atoms with E-state index in [1.165, 1.54) is 12.8 Å². The van der Waals surface area contributed by atoms with Gasteiger partial charge in [0.25, 0.3) is 0 Å². The predicted molar refractivity (Wildman–Crippen MR) is 78.4 cm³/mol. The summed E-state index contributed by atoms with van der Waals surface area (Å²) in [6.45, 7) is 18.5. The summed E-state index contributed by atoms with van der Waals surface area (Å²) >= 11 is 0. The van der Waals surface area contributed by atoms with Crippen LogP contribution in [0.25, 0.3) is 0 Å². The smallest absolute Gasteiger partial charge is 0.0357 e. The highest BCUT2D eigenvalue weighted by molar-refractivity contribution is 4.96. The molecule has 4 unspecified atom stereocenters. The van der Waals surface area contributed by atoms with E-state index >= 15 is 0 Å². The first kappa shape index (κ1) is 17.0. The summed E-state index contributed by atoms with van der Waals surface area (Å²) in [6.07, 6.45) is 4.73. The van der Waals surface area contributed by atoms with E-state index in [-0.39, 0.29) is 11.1 Å². The second-order valence-corrected chi connectivity index (χ2v) is 6.15. The molecule has 0 aliphatic rings. The van der Waals surface area contributed by atoms with Crippen molar-refractivity contribution in [2.45, 2.75) is 92.2 Å². The Bertz CT molecular complexity index is 192. The molecule has 1 radical (unpaired) electrons. The fourth-order valence-corrected chi connectivity index (χ4v) is 2.54. The van der Waals surface area contributed by atoms with Gasteiger partial charge in [-0.15, -0.1) is 0 Å². The van der Waals surface area contributed by atoms with Gasteiger partial charge in [-0.1, -0.05) is 54.4 Å². The van der Waals surface area contributed by atoms with Gasteiger partial charge in [-0.3, -0.25) is 0 Å². The van der Waals surface area contributed by atoms with Crippen LogP contribution in [-0.2, 0) is 0 Å². The van der Waals surface area contributed by atoms with Crippen molar-refractivity contribution in [3.8, 4) is 0 Å². The van der Waals surface area contributed by atoms with Gasteiger partial charge in [-0.25, -0.2) is 5.32 Å². The minimum absolute atomic E-state index is 0.142. The third-order valence-corrected chi connectivity index (χ3v) is 5.29. The van der Waals surface area contributed by atoms with E-state index in [2.05, 4.69) is 55.4 Å². The minimum atomic E-state index is 0.142. The van der Waals surface area contributed by atoms with Gasteiger partial charge in [0.2, 0.25) is 0 Å². The van der Waals surface area contributed by atoms with Crippen LogP contribution in [0.1, 0.15) is 81.1 Å². The van der Waals surface area contributed by atoms with E-state index in [0.29, 0.717) is 11.8 Å². The molecule has 1 heteroatoms. The molecule has 0 aliphatic carbocycles. The van der Waals surface area contributed by atoms with Crippen LogP contribution in [0.15, 0.2) is 0 Å². The second-order valence-electron chi connectivity index (χ2n) is 6.15. The van der Waals surface area contributed by atoms with Crippen molar-refractivity contribution >= 4 is 0 Å². The summed E-state index contributed by atoms with van der Waals surface area (Å²) in [5.74, 6) is 1.34. The Morgan fingerprint density at radius 1 is 0.765 bits per heavy atom. The predicted octanol–water partition coefficient (Wildman–Crippen LogP) is 5.02. The minimum Gasteiger partial charge on any atom is -0.229 e. The third-order valence-electron chi connectivity index (χ3n) is 5.29. The Morgan fingerprint density at radius 2 is 1.06 bits per heavy atom. The van der Waals surface area contributed by atoms with Gasteiger partial charge in [0.15, 0.2) is 0 Å². The lowest BCUT2D eigenvalue weighted by Gasteiger charge is -2.45. The molecular weight excluding hydrogens is 206 g/mol. The second kappa shape index (κ2) is 6.78. The average Bonchev–Trinajstić information content (AvgIpc) is 2.35. The van der Waals surface area contributed by atoms with E-state index in [1.54, 1.807) is 0 Å². The molecule has 0 rings (SSSR count). The average molecular weight is 240 g/mol. The van der Waals surface area contributed by atoms with E-state index in [9.17, 15) is 0 Å². The molecule has 0 bridgehead atoms. The van der Waals surface area contributed by atoms with Crippen molar-refractivity contribution in [2.75, 3.05) is 0 Å². The van der Waals surface area contributed by atoms with Crippen LogP contribution in [0.4, 0.5) is 0 Å². The van der Waals surface area contributed by atoms with Crippen LogP contribution in [0.3, 0.4) is 0 Å². The zero-order valence-corrected chi connectivity index (χ0v) is 13.4. The summed E-state index contributed by atoms with van der Waals surface area (Å²) < 4.78 is 0. The number of nitrogens with zero attached hydrogens (tertiary/aromatic N) is 1. The molecule has 0 saturated carbocycles. The summed E-state index contributed by atoms with van der Waals surface area (Å²) in [5, 5.41) is 5.32. The molecule has 0 aromatic heterocycles. The quantitative estimate of drug-likeness (QED) is 0.565. The van der Waals surface area contributed by atoms with Crippen LogP contribution in [0.2, 0.25) is 0 Å². The lowest BCUT2D eigenvalue weighted by Crippen LogP contribution is -2.55. The highest BCUT2D eigenvalue weighted by Gasteiger charge is 2.39. The normalized spacial score (nSPS) is 22.6. The summed E-state index contributed by atoms with van der Waals surface area (Å²) in [4.78, 5) is 0. The number of rotatable bonds is 8. The molecule has 17 heavy (non-hydrogen) atoms. The van der Waals surface area contributed by atoms with Crippen LogP contribution < -0.4 is 5.32 Å². The van der Waals surface area contributed by atoms with Crippen LogP contribution in [0.5, 0.6) is 0 Å². The van der Waals surface area contributed by atoms with E-state index in [0.717, 1.165) is 12.8 Å². The van der Waals surface area contributed by atoms with Gasteiger partial charge in [-0.2, -0.15) is 0 Å². The first-order chi connectivity index (χ1) is 7.79. The molecule has 0 heterocycles. The Morgan fingerprint density at radius 3 is 1.24 bits per heavy atom. The maximum absolute atomic E-state index is 5.32. The molecule has 0 aromatic rings. The molecule has 103 valence electrons. The van der Waals surface area contributed by atoms with Crippen molar-refractivity contribution < 1.29 is 0 Å². The van der Waals surface area contributed by atoms with Crippen molar-refractivity contribution in [1.82, 2.24) is 5.32 Å². The maximum Gasteiger partial charge on any atom is 0.0357 e. The monoisotopic (exact) mass is 240 g/mol. The standard InChI is InChI=1S/C16H34N/c1-9-13(5)15(7,11-3)17-16(8,12-4)14(6)10-2/h13-14H,9-12H2,1-8H3. The molecule has 0 saturated heterocycles. The molecule has 0 spiro atoms. The molecule has 4 atom stereocenters. The summed E-state index contributed by atoms with van der Waals surface area (Å²) in [6, 6.07) is 0. The van der Waals surface area contributed by atoms with Crippen molar-refractivity contribution in [3.05, 3.63) is 0 Å². The molecule has 0 fully saturated rings.